The number of anilines is 1. The van der Waals surface area contributed by atoms with Crippen LogP contribution in [0.25, 0.3) is 6.08 Å². The van der Waals surface area contributed by atoms with Crippen LogP contribution in [0.3, 0.4) is 0 Å². The number of amides is 2. The van der Waals surface area contributed by atoms with Gasteiger partial charge in [-0.2, -0.15) is 0 Å². The normalized spacial score (nSPS) is 14.1. The maximum Gasteiger partial charge on any atom is 0.265 e. The molecule has 2 amide bonds. The summed E-state index contributed by atoms with van der Waals surface area (Å²) >= 11 is 1.40. The lowest BCUT2D eigenvalue weighted by molar-refractivity contribution is -0.114. The van der Waals surface area contributed by atoms with Gasteiger partial charge in [0.25, 0.3) is 11.8 Å². The van der Waals surface area contributed by atoms with Gasteiger partial charge in [-0.15, -0.1) is 0 Å². The zero-order chi connectivity index (χ0) is 29.0. The van der Waals surface area contributed by atoms with Crippen LogP contribution in [0.15, 0.2) is 112 Å². The van der Waals surface area contributed by atoms with Gasteiger partial charge in [-0.3, -0.25) is 9.59 Å². The van der Waals surface area contributed by atoms with Gasteiger partial charge in [0.2, 0.25) is 10.0 Å². The van der Waals surface area contributed by atoms with Crippen LogP contribution in [0.5, 0.6) is 0 Å². The molecule has 5 rings (SSSR count). The summed E-state index contributed by atoms with van der Waals surface area (Å²) in [6.45, 7) is 2.75. The van der Waals surface area contributed by atoms with Gasteiger partial charge in [0.05, 0.1) is 22.0 Å². The van der Waals surface area contributed by atoms with Crippen LogP contribution >= 0.6 is 11.8 Å². The summed E-state index contributed by atoms with van der Waals surface area (Å²) in [6, 6.07) is 29.5. The van der Waals surface area contributed by atoms with E-state index in [1.807, 2.05) is 67.6 Å². The van der Waals surface area contributed by atoms with Crippen molar-refractivity contribution in [3.05, 3.63) is 130 Å². The molecule has 1 heterocycles. The molecule has 0 spiro atoms. The first-order valence-corrected chi connectivity index (χ1v) is 15.4. The quantitative estimate of drug-likeness (QED) is 0.274. The van der Waals surface area contributed by atoms with E-state index in [1.165, 1.54) is 23.9 Å². The minimum Gasteiger partial charge on any atom is -0.352 e. The number of hydrogen-bond donors (Lipinski definition) is 2. The average Bonchev–Trinajstić information content (AvgIpc) is 2.95. The Morgan fingerprint density at radius 1 is 0.927 bits per heavy atom. The van der Waals surface area contributed by atoms with Crippen LogP contribution in [0.2, 0.25) is 0 Å². The Bertz CT molecular complexity index is 1730. The smallest absolute Gasteiger partial charge is 0.265 e. The van der Waals surface area contributed by atoms with Crippen molar-refractivity contribution in [2.45, 2.75) is 29.7 Å². The van der Waals surface area contributed by atoms with Crippen LogP contribution < -0.4 is 15.4 Å². The summed E-state index contributed by atoms with van der Waals surface area (Å²) in [5, 5.41) is 8.08. The van der Waals surface area contributed by atoms with Crippen LogP contribution in [-0.4, -0.2) is 26.8 Å². The molecule has 1 aliphatic heterocycles. The second-order valence-corrected chi connectivity index (χ2v) is 12.4. The average molecular weight is 584 g/mol. The molecule has 0 fully saturated rings. The van der Waals surface area contributed by atoms with E-state index in [-0.39, 0.29) is 16.7 Å². The van der Waals surface area contributed by atoms with Crippen molar-refractivity contribution in [1.29, 1.82) is 0 Å². The number of sulfonamides is 1. The standard InChI is InChI=1S/C32H29N3O4S2/c1-22-6-5-9-25(18-22)21-35-28-20-26(31(36)34-17-16-23-10-13-27(14-11-23)41(33,38)39)12-15-29(28)40-30(32(35)37)19-24-7-3-2-4-8-24/h2-15,18-20H,16-17,21H2,1H3,(H,34,36)(H2,33,38,39). The van der Waals surface area contributed by atoms with E-state index in [1.54, 1.807) is 29.2 Å². The molecule has 0 radical (unpaired) electrons. The first kappa shape index (κ1) is 28.4. The van der Waals surface area contributed by atoms with E-state index in [0.29, 0.717) is 35.7 Å². The van der Waals surface area contributed by atoms with E-state index in [9.17, 15) is 18.0 Å². The molecule has 0 unspecified atom stereocenters. The molecule has 208 valence electrons. The number of benzene rings is 4. The summed E-state index contributed by atoms with van der Waals surface area (Å²) in [5.74, 6) is -0.374. The minimum atomic E-state index is -3.75. The molecule has 3 N–H and O–H groups in total. The number of aryl methyl sites for hydroxylation is 1. The molecular formula is C32H29N3O4S2. The molecule has 9 heteroatoms. The Balaban J connectivity index is 1.37. The number of thioether (sulfide) groups is 1. The number of nitrogens with one attached hydrogen (secondary N) is 1. The Morgan fingerprint density at radius 3 is 2.39 bits per heavy atom. The first-order chi connectivity index (χ1) is 19.7. The maximum absolute atomic E-state index is 13.8. The molecule has 1 aliphatic rings. The fourth-order valence-electron chi connectivity index (χ4n) is 4.57. The van der Waals surface area contributed by atoms with Crippen LogP contribution in [-0.2, 0) is 27.8 Å². The molecule has 7 nitrogen and oxygen atoms in total. The number of nitrogens with two attached hydrogens (primary N) is 1. The fraction of sp³-hybridized carbons (Fsp3) is 0.125. The minimum absolute atomic E-state index is 0.0451. The molecule has 0 saturated heterocycles. The van der Waals surface area contributed by atoms with Gasteiger partial charge in [0, 0.05) is 17.0 Å². The molecular weight excluding hydrogens is 555 g/mol. The highest BCUT2D eigenvalue weighted by atomic mass is 32.2. The lowest BCUT2D eigenvalue weighted by Crippen LogP contribution is -2.34. The summed E-state index contributed by atoms with van der Waals surface area (Å²) in [5.41, 5.74) is 5.06. The van der Waals surface area contributed by atoms with Crippen LogP contribution in [0, 0.1) is 6.92 Å². The molecule has 41 heavy (non-hydrogen) atoms. The molecule has 4 aromatic carbocycles. The van der Waals surface area contributed by atoms with Crippen LogP contribution in [0.1, 0.15) is 32.6 Å². The zero-order valence-corrected chi connectivity index (χ0v) is 24.0. The third kappa shape index (κ3) is 6.94. The second-order valence-electron chi connectivity index (χ2n) is 9.78. The topological polar surface area (TPSA) is 110 Å². The molecule has 0 atom stereocenters. The van der Waals surface area contributed by atoms with Gasteiger partial charge in [-0.1, -0.05) is 84.1 Å². The third-order valence-electron chi connectivity index (χ3n) is 6.66. The number of primary sulfonamides is 1. The Labute approximate surface area is 244 Å². The second kappa shape index (κ2) is 12.1. The number of carbonyl (C=O) groups excluding carboxylic acids is 2. The third-order valence-corrected chi connectivity index (χ3v) is 8.67. The monoisotopic (exact) mass is 583 g/mol. The number of rotatable bonds is 8. The lowest BCUT2D eigenvalue weighted by Gasteiger charge is -2.31. The van der Waals surface area contributed by atoms with Crippen molar-refractivity contribution in [3.8, 4) is 0 Å². The van der Waals surface area contributed by atoms with Crippen molar-refractivity contribution >= 4 is 45.4 Å². The van der Waals surface area contributed by atoms with E-state index >= 15 is 0 Å². The van der Waals surface area contributed by atoms with Crippen molar-refractivity contribution < 1.29 is 18.0 Å². The summed E-state index contributed by atoms with van der Waals surface area (Å²) in [7, 11) is -3.75. The maximum atomic E-state index is 13.8. The summed E-state index contributed by atoms with van der Waals surface area (Å²) < 4.78 is 22.9. The highest BCUT2D eigenvalue weighted by Crippen LogP contribution is 2.43. The first-order valence-electron chi connectivity index (χ1n) is 13.0. The van der Waals surface area contributed by atoms with Gasteiger partial charge in [0.1, 0.15) is 0 Å². The molecule has 0 saturated carbocycles. The van der Waals surface area contributed by atoms with Gasteiger partial charge in [-0.05, 0) is 66.4 Å². The Kier molecular flexibility index (Phi) is 8.39. The van der Waals surface area contributed by atoms with Crippen LogP contribution in [0.4, 0.5) is 5.69 Å². The summed E-state index contributed by atoms with van der Waals surface area (Å²) in [6.07, 6.45) is 2.42. The number of fused-ring (bicyclic) bond motifs is 1. The Hall–Kier alpha value is -4.18. The molecule has 4 aromatic rings. The molecule has 0 aromatic heterocycles. The van der Waals surface area contributed by atoms with Crippen molar-refractivity contribution in [2.75, 3.05) is 11.4 Å². The molecule has 0 bridgehead atoms. The van der Waals surface area contributed by atoms with E-state index in [0.717, 1.165) is 27.1 Å². The predicted octanol–water partition coefficient (Wildman–Crippen LogP) is 5.29. The highest BCUT2D eigenvalue weighted by Gasteiger charge is 2.30. The van der Waals surface area contributed by atoms with E-state index < -0.39 is 10.0 Å². The highest BCUT2D eigenvalue weighted by molar-refractivity contribution is 8.04. The Morgan fingerprint density at radius 2 is 1.68 bits per heavy atom. The zero-order valence-electron chi connectivity index (χ0n) is 22.4. The van der Waals surface area contributed by atoms with Gasteiger partial charge in [0.15, 0.2) is 0 Å². The lowest BCUT2D eigenvalue weighted by atomic mass is 10.1. The van der Waals surface area contributed by atoms with Crippen molar-refractivity contribution in [1.82, 2.24) is 5.32 Å². The van der Waals surface area contributed by atoms with Gasteiger partial charge in [-0.25, -0.2) is 13.6 Å². The largest absolute Gasteiger partial charge is 0.352 e. The van der Waals surface area contributed by atoms with Gasteiger partial charge >= 0.3 is 0 Å². The summed E-state index contributed by atoms with van der Waals surface area (Å²) in [4.78, 5) is 30.1. The number of hydrogen-bond acceptors (Lipinski definition) is 5. The fourth-order valence-corrected chi connectivity index (χ4v) is 6.13. The van der Waals surface area contributed by atoms with Gasteiger partial charge < -0.3 is 10.2 Å². The SMILES string of the molecule is Cc1cccc(CN2C(=O)C(=Cc3ccccc3)Sc3ccc(C(=O)NCCc4ccc(S(N)(=O)=O)cc4)cc32)c1. The van der Waals surface area contributed by atoms with Crippen molar-refractivity contribution in [2.24, 2.45) is 5.14 Å². The predicted molar refractivity (Wildman–Crippen MR) is 163 cm³/mol. The van der Waals surface area contributed by atoms with E-state index in [4.69, 9.17) is 5.14 Å². The number of carbonyl (C=O) groups is 2. The van der Waals surface area contributed by atoms with Crippen molar-refractivity contribution in [3.63, 3.8) is 0 Å². The van der Waals surface area contributed by atoms with E-state index in [2.05, 4.69) is 11.4 Å². The number of nitrogens with zero attached hydrogens (tertiary/aromatic N) is 1. The molecule has 0 aliphatic carbocycles.